The van der Waals surface area contributed by atoms with Crippen LogP contribution in [0.25, 0.3) is 11.3 Å². The monoisotopic (exact) mass is 339 g/mol. The number of aryl methyl sites for hydroxylation is 1. The Hall–Kier alpha value is -2.86. The van der Waals surface area contributed by atoms with Crippen molar-refractivity contribution in [3.8, 4) is 22.8 Å². The normalized spacial score (nSPS) is 10.9. The molecule has 0 bridgehead atoms. The van der Waals surface area contributed by atoms with Gasteiger partial charge in [0.15, 0.2) is 11.5 Å². The number of ether oxygens (including phenoxy) is 1. The zero-order chi connectivity index (χ0) is 16.9. The highest BCUT2D eigenvalue weighted by Gasteiger charge is 2.04. The maximum absolute atomic E-state index is 9.57. The molecule has 0 spiro atoms. The van der Waals surface area contributed by atoms with Crippen molar-refractivity contribution in [3.63, 3.8) is 0 Å². The second-order valence-corrected chi connectivity index (χ2v) is 6.06. The SMILES string of the molecule is COc1cc(C=NNc2nc(-c3ccc(C)cc3)cs2)ccc1O. The second kappa shape index (κ2) is 7.14. The van der Waals surface area contributed by atoms with Gasteiger partial charge in [0, 0.05) is 10.9 Å². The lowest BCUT2D eigenvalue weighted by molar-refractivity contribution is 0.373. The van der Waals surface area contributed by atoms with Crippen LogP contribution in [0.15, 0.2) is 52.9 Å². The number of hydrogen-bond donors (Lipinski definition) is 2. The molecule has 3 rings (SSSR count). The van der Waals surface area contributed by atoms with E-state index in [-0.39, 0.29) is 5.75 Å². The van der Waals surface area contributed by atoms with E-state index in [0.29, 0.717) is 10.9 Å². The second-order valence-electron chi connectivity index (χ2n) is 5.21. The van der Waals surface area contributed by atoms with Gasteiger partial charge in [-0.05, 0) is 30.7 Å². The van der Waals surface area contributed by atoms with Crippen molar-refractivity contribution >= 4 is 22.7 Å². The Balaban J connectivity index is 1.68. The van der Waals surface area contributed by atoms with E-state index in [2.05, 4.69) is 46.7 Å². The number of phenolic OH excluding ortho intramolecular Hbond substituents is 1. The van der Waals surface area contributed by atoms with Crippen LogP contribution in [0, 0.1) is 6.92 Å². The fourth-order valence-corrected chi connectivity index (χ4v) is 2.79. The molecule has 1 aromatic heterocycles. The van der Waals surface area contributed by atoms with Crippen LogP contribution in [-0.4, -0.2) is 23.4 Å². The number of nitrogens with one attached hydrogen (secondary N) is 1. The Morgan fingerprint density at radius 3 is 2.75 bits per heavy atom. The Labute approximate surface area is 144 Å². The molecule has 1 heterocycles. The quantitative estimate of drug-likeness (QED) is 0.538. The number of hydrazone groups is 1. The Bertz CT molecular complexity index is 857. The van der Waals surface area contributed by atoms with Crippen molar-refractivity contribution in [3.05, 3.63) is 59.0 Å². The fraction of sp³-hybridized carbons (Fsp3) is 0.111. The summed E-state index contributed by atoms with van der Waals surface area (Å²) in [6.45, 7) is 2.06. The van der Waals surface area contributed by atoms with E-state index in [9.17, 15) is 5.11 Å². The maximum Gasteiger partial charge on any atom is 0.203 e. The van der Waals surface area contributed by atoms with Gasteiger partial charge in [0.05, 0.1) is 19.0 Å². The summed E-state index contributed by atoms with van der Waals surface area (Å²) in [5.74, 6) is 0.514. The van der Waals surface area contributed by atoms with Gasteiger partial charge in [-0.3, -0.25) is 5.43 Å². The third-order valence-electron chi connectivity index (χ3n) is 3.43. The molecule has 0 unspecified atom stereocenters. The average molecular weight is 339 g/mol. The summed E-state index contributed by atoms with van der Waals surface area (Å²) < 4.78 is 5.07. The van der Waals surface area contributed by atoms with Crippen LogP contribution in [0.4, 0.5) is 5.13 Å². The Morgan fingerprint density at radius 1 is 1.21 bits per heavy atom. The number of methoxy groups -OCH3 is 1. The van der Waals surface area contributed by atoms with E-state index in [1.165, 1.54) is 24.0 Å². The molecule has 0 atom stereocenters. The zero-order valence-electron chi connectivity index (χ0n) is 13.4. The third kappa shape index (κ3) is 3.72. The first kappa shape index (κ1) is 16.0. The molecular weight excluding hydrogens is 322 g/mol. The first-order valence-electron chi connectivity index (χ1n) is 7.34. The van der Waals surface area contributed by atoms with Gasteiger partial charge in [0.25, 0.3) is 0 Å². The molecule has 0 aliphatic rings. The molecule has 122 valence electrons. The Morgan fingerprint density at radius 2 is 2.00 bits per heavy atom. The predicted molar refractivity (Wildman–Crippen MR) is 98.2 cm³/mol. The van der Waals surface area contributed by atoms with Gasteiger partial charge in [-0.25, -0.2) is 4.98 Å². The highest BCUT2D eigenvalue weighted by Crippen LogP contribution is 2.26. The molecule has 24 heavy (non-hydrogen) atoms. The van der Waals surface area contributed by atoms with E-state index in [0.717, 1.165) is 16.8 Å². The number of anilines is 1. The summed E-state index contributed by atoms with van der Waals surface area (Å²) in [5.41, 5.74) is 6.96. The summed E-state index contributed by atoms with van der Waals surface area (Å²) in [4.78, 5) is 4.52. The molecule has 5 nitrogen and oxygen atoms in total. The van der Waals surface area contributed by atoms with Crippen LogP contribution in [0.1, 0.15) is 11.1 Å². The molecule has 2 aromatic carbocycles. The zero-order valence-corrected chi connectivity index (χ0v) is 14.2. The molecule has 3 aromatic rings. The fourth-order valence-electron chi connectivity index (χ4n) is 2.12. The number of nitrogens with zero attached hydrogens (tertiary/aromatic N) is 2. The lowest BCUT2D eigenvalue weighted by Crippen LogP contribution is -1.91. The van der Waals surface area contributed by atoms with Gasteiger partial charge in [0.2, 0.25) is 5.13 Å². The number of phenols is 1. The van der Waals surface area contributed by atoms with Crippen molar-refractivity contribution < 1.29 is 9.84 Å². The molecule has 0 aliphatic heterocycles. The first-order valence-corrected chi connectivity index (χ1v) is 8.22. The van der Waals surface area contributed by atoms with E-state index in [4.69, 9.17) is 4.74 Å². The topological polar surface area (TPSA) is 66.7 Å². The predicted octanol–water partition coefficient (Wildman–Crippen LogP) is 4.28. The lowest BCUT2D eigenvalue weighted by atomic mass is 10.1. The highest BCUT2D eigenvalue weighted by molar-refractivity contribution is 7.14. The minimum atomic E-state index is 0.102. The van der Waals surface area contributed by atoms with Crippen LogP contribution in [0.2, 0.25) is 0 Å². The van der Waals surface area contributed by atoms with Crippen molar-refractivity contribution in [2.75, 3.05) is 12.5 Å². The highest BCUT2D eigenvalue weighted by atomic mass is 32.1. The van der Waals surface area contributed by atoms with E-state index in [1.807, 2.05) is 5.38 Å². The number of hydrogen-bond acceptors (Lipinski definition) is 6. The third-order valence-corrected chi connectivity index (χ3v) is 4.18. The number of aromatic hydroxyl groups is 1. The molecule has 0 amide bonds. The van der Waals surface area contributed by atoms with Crippen LogP contribution >= 0.6 is 11.3 Å². The molecule has 0 aliphatic carbocycles. The van der Waals surface area contributed by atoms with Gasteiger partial charge in [-0.15, -0.1) is 11.3 Å². The van der Waals surface area contributed by atoms with Crippen molar-refractivity contribution in [1.82, 2.24) is 4.98 Å². The van der Waals surface area contributed by atoms with Crippen LogP contribution in [-0.2, 0) is 0 Å². The molecular formula is C18H17N3O2S. The largest absolute Gasteiger partial charge is 0.504 e. The van der Waals surface area contributed by atoms with Gasteiger partial charge in [0.1, 0.15) is 0 Å². The number of aromatic nitrogens is 1. The summed E-state index contributed by atoms with van der Waals surface area (Å²) in [7, 11) is 1.51. The van der Waals surface area contributed by atoms with E-state index < -0.39 is 0 Å². The van der Waals surface area contributed by atoms with E-state index >= 15 is 0 Å². The molecule has 0 saturated heterocycles. The first-order chi connectivity index (χ1) is 11.7. The van der Waals surface area contributed by atoms with Gasteiger partial charge >= 0.3 is 0 Å². The summed E-state index contributed by atoms with van der Waals surface area (Å²) in [5, 5.41) is 16.5. The minimum absolute atomic E-state index is 0.102. The molecule has 0 saturated carbocycles. The van der Waals surface area contributed by atoms with Gasteiger partial charge in [-0.1, -0.05) is 29.8 Å². The molecule has 0 radical (unpaired) electrons. The number of benzene rings is 2. The van der Waals surface area contributed by atoms with Gasteiger partial charge < -0.3 is 9.84 Å². The number of rotatable bonds is 5. The van der Waals surface area contributed by atoms with Crippen LogP contribution < -0.4 is 10.2 Å². The minimum Gasteiger partial charge on any atom is -0.504 e. The van der Waals surface area contributed by atoms with Crippen molar-refractivity contribution in [2.45, 2.75) is 6.92 Å². The average Bonchev–Trinajstić information content (AvgIpc) is 3.06. The maximum atomic E-state index is 9.57. The molecule has 6 heteroatoms. The summed E-state index contributed by atoms with van der Waals surface area (Å²) >= 11 is 1.49. The smallest absolute Gasteiger partial charge is 0.203 e. The molecule has 0 fully saturated rings. The Kier molecular flexibility index (Phi) is 4.77. The van der Waals surface area contributed by atoms with Crippen LogP contribution in [0.5, 0.6) is 11.5 Å². The standard InChI is InChI=1S/C18H17N3O2S/c1-12-3-6-14(7-4-12)15-11-24-18(20-15)21-19-10-13-5-8-16(22)17(9-13)23-2/h3-11,22H,1-2H3,(H,20,21). The van der Waals surface area contributed by atoms with Gasteiger partial charge in [-0.2, -0.15) is 5.10 Å². The lowest BCUT2D eigenvalue weighted by Gasteiger charge is -2.03. The van der Waals surface area contributed by atoms with Crippen molar-refractivity contribution in [1.29, 1.82) is 0 Å². The summed E-state index contributed by atoms with van der Waals surface area (Å²) in [6, 6.07) is 13.3. The van der Waals surface area contributed by atoms with Crippen molar-refractivity contribution in [2.24, 2.45) is 5.10 Å². The number of thiazole rings is 1. The van der Waals surface area contributed by atoms with Crippen LogP contribution in [0.3, 0.4) is 0 Å². The molecule has 2 N–H and O–H groups in total. The van der Waals surface area contributed by atoms with E-state index in [1.54, 1.807) is 24.4 Å². The summed E-state index contributed by atoms with van der Waals surface area (Å²) in [6.07, 6.45) is 1.65.